The normalized spacial score (nSPS) is 17.9. The number of Topliss-reactive ketones (excluding diaryl/α,β-unsaturated/α-hetero) is 1. The Labute approximate surface area is 261 Å². The zero-order chi connectivity index (χ0) is 29.4. The quantitative estimate of drug-likeness (QED) is 0.174. The van der Waals surface area contributed by atoms with E-state index in [9.17, 15) is 9.90 Å². The van der Waals surface area contributed by atoms with E-state index >= 15 is 0 Å². The lowest BCUT2D eigenvalue weighted by molar-refractivity contribution is 0.101. The molecule has 4 nitrogen and oxygen atoms in total. The van der Waals surface area contributed by atoms with Gasteiger partial charge in [0.05, 0.1) is 6.10 Å². The number of hydrogen-bond donors (Lipinski definition) is 1. The van der Waals surface area contributed by atoms with Crippen LogP contribution in [0.4, 0.5) is 0 Å². The molecular weight excluding hydrogens is 641 g/mol. The molecular formula is C34H36BBr2NO3. The molecule has 7 heteroatoms. The van der Waals surface area contributed by atoms with Gasteiger partial charge in [0.15, 0.2) is 5.78 Å². The summed E-state index contributed by atoms with van der Waals surface area (Å²) >= 11 is 6.61. The van der Waals surface area contributed by atoms with Gasteiger partial charge in [-0.25, -0.2) is 0 Å². The molecule has 1 N–H and O–H groups in total. The number of hydrogen-bond acceptors (Lipinski definition) is 4. The molecule has 0 aliphatic carbocycles. The van der Waals surface area contributed by atoms with Gasteiger partial charge in [0, 0.05) is 20.6 Å². The van der Waals surface area contributed by atoms with E-state index in [4.69, 9.17) is 4.65 Å². The van der Waals surface area contributed by atoms with Crippen molar-refractivity contribution < 1.29 is 14.6 Å². The predicted molar refractivity (Wildman–Crippen MR) is 175 cm³/mol. The molecule has 4 aromatic carbocycles. The molecule has 212 valence electrons. The van der Waals surface area contributed by atoms with Crippen molar-refractivity contribution in [2.24, 2.45) is 0 Å². The Morgan fingerprint density at radius 3 is 1.85 bits per heavy atom. The van der Waals surface area contributed by atoms with Crippen molar-refractivity contribution in [3.8, 4) is 0 Å². The first-order valence-corrected chi connectivity index (χ1v) is 15.6. The third kappa shape index (κ3) is 7.27. The van der Waals surface area contributed by atoms with Crippen molar-refractivity contribution in [1.29, 1.82) is 0 Å². The third-order valence-electron chi connectivity index (χ3n) is 7.60. The second-order valence-corrected chi connectivity index (χ2v) is 12.0. The second kappa shape index (κ2) is 14.6. The van der Waals surface area contributed by atoms with Crippen LogP contribution in [0.3, 0.4) is 0 Å². The van der Waals surface area contributed by atoms with Crippen molar-refractivity contribution in [3.63, 3.8) is 0 Å². The van der Waals surface area contributed by atoms with Crippen molar-refractivity contribution in [2.45, 2.75) is 51.3 Å². The highest BCUT2D eigenvalue weighted by Gasteiger charge is 2.56. The molecule has 0 unspecified atom stereocenters. The fourth-order valence-corrected chi connectivity index (χ4v) is 6.88. The maximum Gasteiger partial charge on any atom is 0.380 e. The molecule has 41 heavy (non-hydrogen) atoms. The van der Waals surface area contributed by atoms with Gasteiger partial charge < -0.3 is 14.6 Å². The number of nitrogens with zero attached hydrogens (tertiary/aromatic N) is 1. The number of rotatable bonds is 4. The molecule has 2 heterocycles. The SMILES string of the molecule is CB1OC(c2ccccc2)(c2ccccc2)[C@@H]2CCCN12.CC(=O)c1ccccc1Br.C[C@@H](O)c1ccccc1Br. The van der Waals surface area contributed by atoms with E-state index in [1.807, 2.05) is 42.5 Å². The highest BCUT2D eigenvalue weighted by molar-refractivity contribution is 9.10. The van der Waals surface area contributed by atoms with E-state index in [0.29, 0.717) is 6.04 Å². The Hall–Kier alpha value is -2.55. The molecule has 2 aliphatic heterocycles. The van der Waals surface area contributed by atoms with Crippen LogP contribution in [0.5, 0.6) is 0 Å². The molecule has 6 rings (SSSR count). The second-order valence-electron chi connectivity index (χ2n) is 10.3. The van der Waals surface area contributed by atoms with E-state index in [2.05, 4.69) is 104 Å². The minimum Gasteiger partial charge on any atom is -0.406 e. The zero-order valence-corrected chi connectivity index (χ0v) is 26.9. The van der Waals surface area contributed by atoms with Gasteiger partial charge in [-0.3, -0.25) is 4.79 Å². The van der Waals surface area contributed by atoms with Gasteiger partial charge in [-0.15, -0.1) is 0 Å². The van der Waals surface area contributed by atoms with Crippen molar-refractivity contribution in [2.75, 3.05) is 6.54 Å². The monoisotopic (exact) mass is 675 g/mol. The van der Waals surface area contributed by atoms with Gasteiger partial charge in [0.2, 0.25) is 0 Å². The van der Waals surface area contributed by atoms with Crippen LogP contribution in [0, 0.1) is 0 Å². The third-order valence-corrected chi connectivity index (χ3v) is 9.01. The molecule has 2 aliphatic rings. The largest absolute Gasteiger partial charge is 0.406 e. The number of aliphatic hydroxyl groups excluding tert-OH is 1. The topological polar surface area (TPSA) is 49.8 Å². The fourth-order valence-electron chi connectivity index (χ4n) is 5.70. The first-order valence-electron chi connectivity index (χ1n) is 14.0. The summed E-state index contributed by atoms with van der Waals surface area (Å²) < 4.78 is 8.44. The summed E-state index contributed by atoms with van der Waals surface area (Å²) in [6.45, 7) is 6.64. The van der Waals surface area contributed by atoms with Crippen LogP contribution in [0.2, 0.25) is 6.82 Å². The summed E-state index contributed by atoms with van der Waals surface area (Å²) in [5, 5.41) is 9.17. The van der Waals surface area contributed by atoms with Crippen LogP contribution in [0.15, 0.2) is 118 Å². The summed E-state index contributed by atoms with van der Waals surface area (Å²) in [6.07, 6.45) is 2.07. The molecule has 2 fully saturated rings. The Morgan fingerprint density at radius 1 is 0.878 bits per heavy atom. The molecule has 0 amide bonds. The number of ketones is 1. The van der Waals surface area contributed by atoms with Gasteiger partial charge in [-0.2, -0.15) is 0 Å². The standard InChI is InChI=1S/C18H20BNO.C8H9BrO.C8H7BrO/c1-19-20-14-8-13-17(20)18(21-19,15-9-4-2-5-10-15)16-11-6-3-7-12-16;2*1-6(10)7-4-2-3-5-8(7)9/h2-7,9-12,17H,8,13-14H2,1H3;2-6,10H,1H3;2-5H,1H3/t17-;6-;/m01./s1. The van der Waals surface area contributed by atoms with Crippen LogP contribution < -0.4 is 0 Å². The van der Waals surface area contributed by atoms with Crippen LogP contribution in [0.25, 0.3) is 0 Å². The van der Waals surface area contributed by atoms with Gasteiger partial charge in [-0.1, -0.05) is 129 Å². The average Bonchev–Trinajstić information content (AvgIpc) is 3.58. The molecule has 2 saturated heterocycles. The number of halogens is 2. The summed E-state index contributed by atoms with van der Waals surface area (Å²) in [7, 11) is 0.179. The van der Waals surface area contributed by atoms with Crippen molar-refractivity contribution in [1.82, 2.24) is 4.81 Å². The molecule has 0 saturated carbocycles. The maximum absolute atomic E-state index is 10.8. The average molecular weight is 677 g/mol. The zero-order valence-electron chi connectivity index (χ0n) is 23.7. The lowest BCUT2D eigenvalue weighted by Gasteiger charge is -2.36. The lowest BCUT2D eigenvalue weighted by Crippen LogP contribution is -2.41. The Morgan fingerprint density at radius 2 is 1.39 bits per heavy atom. The highest BCUT2D eigenvalue weighted by atomic mass is 79.9. The van der Waals surface area contributed by atoms with Gasteiger partial charge in [0.25, 0.3) is 0 Å². The van der Waals surface area contributed by atoms with E-state index < -0.39 is 6.10 Å². The van der Waals surface area contributed by atoms with E-state index in [1.165, 1.54) is 24.0 Å². The molecule has 2 atom stereocenters. The van der Waals surface area contributed by atoms with E-state index in [0.717, 1.165) is 26.6 Å². The predicted octanol–water partition coefficient (Wildman–Crippen LogP) is 8.70. The van der Waals surface area contributed by atoms with Crippen LogP contribution in [-0.4, -0.2) is 35.3 Å². The van der Waals surface area contributed by atoms with Gasteiger partial charge >= 0.3 is 7.05 Å². The van der Waals surface area contributed by atoms with E-state index in [1.54, 1.807) is 19.9 Å². The van der Waals surface area contributed by atoms with Gasteiger partial charge in [-0.05, 0) is 68.9 Å². The summed E-state index contributed by atoms with van der Waals surface area (Å²) in [6, 6.07) is 36.9. The first-order chi connectivity index (χ1) is 19.8. The Balaban J connectivity index is 0.000000162. The molecule has 0 radical (unpaired) electrons. The van der Waals surface area contributed by atoms with Crippen molar-refractivity contribution in [3.05, 3.63) is 140 Å². The Bertz CT molecular complexity index is 1380. The van der Waals surface area contributed by atoms with Gasteiger partial charge in [0.1, 0.15) is 5.60 Å². The van der Waals surface area contributed by atoms with Crippen molar-refractivity contribution >= 4 is 44.7 Å². The molecule has 0 spiro atoms. The minimum absolute atomic E-state index is 0.0903. The highest BCUT2D eigenvalue weighted by Crippen LogP contribution is 2.48. The fraction of sp³-hybridized carbons (Fsp3) is 0.265. The maximum atomic E-state index is 10.8. The van der Waals surface area contributed by atoms with Crippen LogP contribution in [0.1, 0.15) is 59.8 Å². The Kier molecular flexibility index (Phi) is 11.2. The lowest BCUT2D eigenvalue weighted by atomic mass is 9.79. The smallest absolute Gasteiger partial charge is 0.380 e. The van der Waals surface area contributed by atoms with Crippen LogP contribution in [-0.2, 0) is 10.3 Å². The van der Waals surface area contributed by atoms with Crippen LogP contribution >= 0.6 is 31.9 Å². The van der Waals surface area contributed by atoms with E-state index in [-0.39, 0.29) is 18.4 Å². The number of aliphatic hydroxyl groups is 1. The number of fused-ring (bicyclic) bond motifs is 1. The minimum atomic E-state index is -0.393. The number of carbonyl (C=O) groups is 1. The summed E-state index contributed by atoms with van der Waals surface area (Å²) in [5.41, 5.74) is 3.90. The molecule has 4 aromatic rings. The summed E-state index contributed by atoms with van der Waals surface area (Å²) in [4.78, 5) is 13.4. The number of carbonyl (C=O) groups excluding carboxylic acids is 1. The number of benzene rings is 4. The molecule has 0 aromatic heterocycles. The summed E-state index contributed by atoms with van der Waals surface area (Å²) in [5.74, 6) is 0.0903. The molecule has 0 bridgehead atoms. The first kappa shape index (κ1) is 31.4.